The summed E-state index contributed by atoms with van der Waals surface area (Å²) in [5.41, 5.74) is 4.37. The van der Waals surface area contributed by atoms with Gasteiger partial charge in [0.1, 0.15) is 0 Å². The zero-order valence-electron chi connectivity index (χ0n) is 21.7. The van der Waals surface area contributed by atoms with Gasteiger partial charge < -0.3 is 25.0 Å². The summed E-state index contributed by atoms with van der Waals surface area (Å²) < 4.78 is 11.0. The number of likely N-dealkylation sites (N-methyl/N-ethyl adjacent to an activating group) is 1. The predicted molar refractivity (Wildman–Crippen MR) is 138 cm³/mol. The van der Waals surface area contributed by atoms with Crippen LogP contribution in [0.3, 0.4) is 0 Å². The molecule has 2 unspecified atom stereocenters. The molecule has 36 heavy (non-hydrogen) atoms. The third-order valence-corrected chi connectivity index (χ3v) is 7.73. The Bertz CT molecular complexity index is 1230. The summed E-state index contributed by atoms with van der Waals surface area (Å²) in [6, 6.07) is 5.82. The summed E-state index contributed by atoms with van der Waals surface area (Å²) in [7, 11) is 1.85. The summed E-state index contributed by atoms with van der Waals surface area (Å²) in [6.07, 6.45) is 7.70. The van der Waals surface area contributed by atoms with Crippen molar-refractivity contribution in [2.45, 2.75) is 52.0 Å². The van der Waals surface area contributed by atoms with E-state index in [1.54, 1.807) is 4.90 Å². The van der Waals surface area contributed by atoms with Crippen molar-refractivity contribution in [3.05, 3.63) is 71.1 Å². The molecule has 2 atom stereocenters. The van der Waals surface area contributed by atoms with Crippen LogP contribution >= 0.6 is 0 Å². The number of hydrogen-bond donors (Lipinski definition) is 2. The van der Waals surface area contributed by atoms with Crippen LogP contribution in [0.4, 0.5) is 0 Å². The number of fused-ring (bicyclic) bond motifs is 2. The molecule has 1 fully saturated rings. The van der Waals surface area contributed by atoms with Crippen molar-refractivity contribution in [3.8, 4) is 11.5 Å². The van der Waals surface area contributed by atoms with Gasteiger partial charge in [-0.15, -0.1) is 0 Å². The van der Waals surface area contributed by atoms with Crippen molar-refractivity contribution in [2.75, 3.05) is 20.4 Å². The molecule has 2 amide bonds. The first-order chi connectivity index (χ1) is 17.0. The highest BCUT2D eigenvalue weighted by molar-refractivity contribution is 5.93. The Kier molecular flexibility index (Phi) is 5.77. The van der Waals surface area contributed by atoms with Gasteiger partial charge in [-0.25, -0.2) is 0 Å². The lowest BCUT2D eigenvalue weighted by Gasteiger charge is -2.36. The van der Waals surface area contributed by atoms with E-state index in [2.05, 4.69) is 50.1 Å². The standard InChI is InChI=1S/C29H35N3O4/c1-7-20-21(15-30-17(2)33)26-18(13-25(31-26)28(3,4)5)12-22(20)32(6)27(34)29(10-11-29)19-8-9-23-24(14-19)36-16-35-23/h7-9,12-14,21,26,31H,1,10-11,15-16H2,2-6H3,(H,30,33). The first-order valence-electron chi connectivity index (χ1n) is 12.5. The van der Waals surface area contributed by atoms with E-state index in [-0.39, 0.29) is 36.0 Å². The second-order valence-electron chi connectivity index (χ2n) is 11.2. The number of ether oxygens (including phenoxy) is 2. The highest BCUT2D eigenvalue weighted by Crippen LogP contribution is 2.52. The maximum absolute atomic E-state index is 14.0. The maximum atomic E-state index is 14.0. The Balaban J connectivity index is 1.51. The van der Waals surface area contributed by atoms with Crippen LogP contribution in [-0.2, 0) is 15.0 Å². The molecule has 7 heteroatoms. The molecule has 2 heterocycles. The van der Waals surface area contributed by atoms with Crippen LogP contribution in [0.1, 0.15) is 46.1 Å². The van der Waals surface area contributed by atoms with Gasteiger partial charge in [0.05, 0.1) is 11.5 Å². The number of benzene rings is 1. The van der Waals surface area contributed by atoms with E-state index in [0.717, 1.165) is 40.9 Å². The topological polar surface area (TPSA) is 79.9 Å². The average Bonchev–Trinajstić information content (AvgIpc) is 3.30. The number of carbonyl (C=O) groups excluding carboxylic acids is 2. The summed E-state index contributed by atoms with van der Waals surface area (Å²) in [5, 5.41) is 6.67. The fourth-order valence-electron chi connectivity index (χ4n) is 5.46. The molecule has 190 valence electrons. The van der Waals surface area contributed by atoms with Gasteiger partial charge in [-0.1, -0.05) is 39.5 Å². The van der Waals surface area contributed by atoms with Crippen LogP contribution in [0.25, 0.3) is 0 Å². The zero-order valence-corrected chi connectivity index (χ0v) is 21.7. The van der Waals surface area contributed by atoms with E-state index < -0.39 is 5.41 Å². The molecule has 7 nitrogen and oxygen atoms in total. The number of hydrogen-bond acceptors (Lipinski definition) is 5. The molecule has 5 rings (SSSR count). The zero-order chi connectivity index (χ0) is 25.8. The molecular formula is C29H35N3O4. The van der Waals surface area contributed by atoms with Crippen molar-refractivity contribution >= 4 is 11.8 Å². The molecule has 4 aliphatic rings. The Morgan fingerprint density at radius 3 is 2.58 bits per heavy atom. The van der Waals surface area contributed by atoms with Gasteiger partial charge in [-0.05, 0) is 53.8 Å². The van der Waals surface area contributed by atoms with E-state index in [1.165, 1.54) is 6.92 Å². The molecule has 2 aliphatic carbocycles. The minimum absolute atomic E-state index is 0.00933. The van der Waals surface area contributed by atoms with Gasteiger partial charge in [0, 0.05) is 43.2 Å². The summed E-state index contributed by atoms with van der Waals surface area (Å²) in [6.45, 7) is 12.8. The Labute approximate surface area is 212 Å². The summed E-state index contributed by atoms with van der Waals surface area (Å²) in [4.78, 5) is 27.6. The van der Waals surface area contributed by atoms with Gasteiger partial charge in [0.15, 0.2) is 11.5 Å². The van der Waals surface area contributed by atoms with Crippen LogP contribution in [0.15, 0.2) is 65.5 Å². The Morgan fingerprint density at radius 2 is 1.94 bits per heavy atom. The normalized spacial score (nSPS) is 23.2. The largest absolute Gasteiger partial charge is 0.454 e. The van der Waals surface area contributed by atoms with E-state index in [0.29, 0.717) is 18.0 Å². The number of amides is 2. The number of rotatable bonds is 6. The monoisotopic (exact) mass is 489 g/mol. The number of carbonyl (C=O) groups is 2. The third kappa shape index (κ3) is 4.00. The number of allylic oxidation sites excluding steroid dienone is 3. The van der Waals surface area contributed by atoms with Crippen LogP contribution in [-0.4, -0.2) is 43.1 Å². The summed E-state index contributed by atoms with van der Waals surface area (Å²) >= 11 is 0. The lowest BCUT2D eigenvalue weighted by Crippen LogP contribution is -2.45. The lowest BCUT2D eigenvalue weighted by atomic mass is 9.81. The van der Waals surface area contributed by atoms with Crippen molar-refractivity contribution in [3.63, 3.8) is 0 Å². The van der Waals surface area contributed by atoms with Crippen LogP contribution in [0, 0.1) is 11.3 Å². The number of nitrogens with one attached hydrogen (secondary N) is 2. The van der Waals surface area contributed by atoms with Crippen LogP contribution < -0.4 is 20.1 Å². The van der Waals surface area contributed by atoms with Crippen molar-refractivity contribution in [2.24, 2.45) is 11.3 Å². The Morgan fingerprint density at radius 1 is 1.22 bits per heavy atom. The Hall–Kier alpha value is -3.48. The molecular weight excluding hydrogens is 454 g/mol. The van der Waals surface area contributed by atoms with E-state index in [9.17, 15) is 9.59 Å². The van der Waals surface area contributed by atoms with E-state index >= 15 is 0 Å². The van der Waals surface area contributed by atoms with Gasteiger partial charge >= 0.3 is 0 Å². The van der Waals surface area contributed by atoms with Gasteiger partial charge in [0.2, 0.25) is 18.6 Å². The molecule has 0 radical (unpaired) electrons. The predicted octanol–water partition coefficient (Wildman–Crippen LogP) is 3.94. The smallest absolute Gasteiger partial charge is 0.237 e. The minimum Gasteiger partial charge on any atom is -0.454 e. The molecule has 1 aromatic rings. The van der Waals surface area contributed by atoms with E-state index in [4.69, 9.17) is 9.47 Å². The van der Waals surface area contributed by atoms with Gasteiger partial charge in [0.25, 0.3) is 0 Å². The molecule has 2 aliphatic heterocycles. The van der Waals surface area contributed by atoms with Crippen molar-refractivity contribution < 1.29 is 19.1 Å². The maximum Gasteiger partial charge on any atom is 0.237 e. The molecule has 0 saturated heterocycles. The highest BCUT2D eigenvalue weighted by atomic mass is 16.7. The average molecular weight is 490 g/mol. The SMILES string of the molecule is C=CC1=C(N(C)C(=O)C2(c3ccc4c(c3)OCO4)CC2)C=C2C=C(C(C)(C)C)NC2C1CNC(C)=O. The third-order valence-electron chi connectivity index (χ3n) is 7.73. The second-order valence-corrected chi connectivity index (χ2v) is 11.2. The van der Waals surface area contributed by atoms with Crippen LogP contribution in [0.2, 0.25) is 0 Å². The molecule has 2 N–H and O–H groups in total. The van der Waals surface area contributed by atoms with Crippen molar-refractivity contribution in [1.82, 2.24) is 15.5 Å². The highest BCUT2D eigenvalue weighted by Gasteiger charge is 2.54. The van der Waals surface area contributed by atoms with Crippen LogP contribution in [0.5, 0.6) is 11.5 Å². The van der Waals surface area contributed by atoms with Gasteiger partial charge in [-0.2, -0.15) is 0 Å². The lowest BCUT2D eigenvalue weighted by molar-refractivity contribution is -0.130. The molecule has 1 saturated carbocycles. The summed E-state index contributed by atoms with van der Waals surface area (Å²) in [5.74, 6) is 1.31. The van der Waals surface area contributed by atoms with Crippen molar-refractivity contribution in [1.29, 1.82) is 0 Å². The van der Waals surface area contributed by atoms with Gasteiger partial charge in [-0.3, -0.25) is 9.59 Å². The number of nitrogens with zero attached hydrogens (tertiary/aromatic N) is 1. The first-order valence-corrected chi connectivity index (χ1v) is 12.5. The van der Waals surface area contributed by atoms with E-state index in [1.807, 2.05) is 31.3 Å². The fourth-order valence-corrected chi connectivity index (χ4v) is 5.46. The second kappa shape index (κ2) is 8.57. The first kappa shape index (κ1) is 24.2. The fraction of sp³-hybridized carbons (Fsp3) is 0.448. The molecule has 0 spiro atoms. The molecule has 0 aromatic heterocycles. The minimum atomic E-state index is -0.572. The quantitative estimate of drug-likeness (QED) is 0.633. The molecule has 0 bridgehead atoms. The molecule has 1 aromatic carbocycles.